The molecule has 0 spiro atoms. The fourth-order valence-corrected chi connectivity index (χ4v) is 1.30. The predicted molar refractivity (Wildman–Crippen MR) is 55.4 cm³/mol. The van der Waals surface area contributed by atoms with E-state index in [0.717, 1.165) is 5.69 Å². The van der Waals surface area contributed by atoms with Crippen LogP contribution in [0, 0.1) is 6.92 Å². The van der Waals surface area contributed by atoms with Crippen LogP contribution in [-0.4, -0.2) is 22.7 Å². The molecule has 1 rings (SSSR count). The van der Waals surface area contributed by atoms with E-state index in [1.807, 2.05) is 27.7 Å². The van der Waals surface area contributed by atoms with Gasteiger partial charge in [-0.05, 0) is 33.8 Å². The standard InChI is InChI=1S/C10H17N3O/c1-7-6-8(9(14)11-5)13(12-7)10(2,3)4/h6H,1-5H3,(H,11,14). The molecule has 14 heavy (non-hydrogen) atoms. The highest BCUT2D eigenvalue weighted by molar-refractivity contribution is 5.92. The first-order chi connectivity index (χ1) is 6.36. The van der Waals surface area contributed by atoms with Crippen LogP contribution in [0.3, 0.4) is 0 Å². The second kappa shape index (κ2) is 3.44. The van der Waals surface area contributed by atoms with Crippen LogP contribution >= 0.6 is 0 Å². The Kier molecular flexibility index (Phi) is 2.64. The molecule has 0 saturated carbocycles. The summed E-state index contributed by atoms with van der Waals surface area (Å²) in [5.41, 5.74) is 1.30. The van der Waals surface area contributed by atoms with Crippen LogP contribution in [0.2, 0.25) is 0 Å². The van der Waals surface area contributed by atoms with Crippen molar-refractivity contribution in [1.82, 2.24) is 15.1 Å². The third-order valence-electron chi connectivity index (χ3n) is 1.93. The molecule has 1 N–H and O–H groups in total. The molecule has 0 bridgehead atoms. The molecule has 1 aromatic rings. The van der Waals surface area contributed by atoms with Crippen molar-refractivity contribution in [3.05, 3.63) is 17.5 Å². The van der Waals surface area contributed by atoms with Gasteiger partial charge in [-0.3, -0.25) is 9.48 Å². The number of nitrogens with one attached hydrogen (secondary N) is 1. The van der Waals surface area contributed by atoms with Crippen molar-refractivity contribution in [1.29, 1.82) is 0 Å². The van der Waals surface area contributed by atoms with E-state index in [0.29, 0.717) is 5.69 Å². The van der Waals surface area contributed by atoms with Gasteiger partial charge >= 0.3 is 0 Å². The van der Waals surface area contributed by atoms with Gasteiger partial charge in [0.05, 0.1) is 11.2 Å². The maximum atomic E-state index is 11.5. The lowest BCUT2D eigenvalue weighted by Crippen LogP contribution is -2.30. The molecule has 0 saturated heterocycles. The quantitative estimate of drug-likeness (QED) is 0.734. The number of amides is 1. The first kappa shape index (κ1) is 10.8. The smallest absolute Gasteiger partial charge is 0.269 e. The molecule has 0 aliphatic rings. The van der Waals surface area contributed by atoms with Crippen molar-refractivity contribution in [3.8, 4) is 0 Å². The molecule has 1 aromatic heterocycles. The number of hydrogen-bond acceptors (Lipinski definition) is 2. The average molecular weight is 195 g/mol. The molecule has 1 amide bonds. The summed E-state index contributed by atoms with van der Waals surface area (Å²) in [5.74, 6) is -0.0967. The van der Waals surface area contributed by atoms with Crippen LogP contribution in [0.15, 0.2) is 6.07 Å². The minimum Gasteiger partial charge on any atom is -0.354 e. The monoisotopic (exact) mass is 195 g/mol. The van der Waals surface area contributed by atoms with Crippen molar-refractivity contribution in [2.24, 2.45) is 0 Å². The van der Waals surface area contributed by atoms with Crippen LogP contribution in [0.5, 0.6) is 0 Å². The van der Waals surface area contributed by atoms with E-state index in [1.165, 1.54) is 0 Å². The Hall–Kier alpha value is -1.32. The molecule has 0 aliphatic heterocycles. The zero-order chi connectivity index (χ0) is 10.9. The fourth-order valence-electron chi connectivity index (χ4n) is 1.30. The van der Waals surface area contributed by atoms with Gasteiger partial charge in [0.1, 0.15) is 5.69 Å². The average Bonchev–Trinajstić information content (AvgIpc) is 2.45. The summed E-state index contributed by atoms with van der Waals surface area (Å²) in [4.78, 5) is 11.5. The van der Waals surface area contributed by atoms with Crippen molar-refractivity contribution in [2.75, 3.05) is 7.05 Å². The van der Waals surface area contributed by atoms with Gasteiger partial charge in [-0.2, -0.15) is 5.10 Å². The Balaban J connectivity index is 3.23. The highest BCUT2D eigenvalue weighted by Crippen LogP contribution is 2.16. The Labute approximate surface area is 84.3 Å². The summed E-state index contributed by atoms with van der Waals surface area (Å²) in [6.45, 7) is 7.94. The Morgan fingerprint density at radius 3 is 2.50 bits per heavy atom. The molecule has 0 aliphatic carbocycles. The van der Waals surface area contributed by atoms with Crippen molar-refractivity contribution >= 4 is 5.91 Å². The molecule has 4 nitrogen and oxygen atoms in total. The van der Waals surface area contributed by atoms with Crippen LogP contribution in [0.4, 0.5) is 0 Å². The lowest BCUT2D eigenvalue weighted by atomic mass is 10.1. The SMILES string of the molecule is CNC(=O)c1cc(C)nn1C(C)(C)C. The third-order valence-corrected chi connectivity index (χ3v) is 1.93. The minimum atomic E-state index is -0.171. The van der Waals surface area contributed by atoms with Crippen LogP contribution in [0.25, 0.3) is 0 Å². The normalized spacial score (nSPS) is 11.5. The largest absolute Gasteiger partial charge is 0.354 e. The summed E-state index contributed by atoms with van der Waals surface area (Å²) in [6, 6.07) is 1.80. The molecule has 0 aromatic carbocycles. The lowest BCUT2D eigenvalue weighted by molar-refractivity contribution is 0.0945. The van der Waals surface area contributed by atoms with Gasteiger partial charge in [-0.1, -0.05) is 0 Å². The summed E-state index contributed by atoms with van der Waals surface area (Å²) < 4.78 is 1.75. The topological polar surface area (TPSA) is 46.9 Å². The molecule has 0 radical (unpaired) electrons. The van der Waals surface area contributed by atoms with Crippen molar-refractivity contribution < 1.29 is 4.79 Å². The minimum absolute atomic E-state index is 0.0967. The number of carbonyl (C=O) groups excluding carboxylic acids is 1. The van der Waals surface area contributed by atoms with Crippen LogP contribution in [-0.2, 0) is 5.54 Å². The summed E-state index contributed by atoms with van der Waals surface area (Å²) >= 11 is 0. The molecule has 78 valence electrons. The van der Waals surface area contributed by atoms with Gasteiger partial charge in [-0.15, -0.1) is 0 Å². The second-order valence-corrected chi connectivity index (χ2v) is 4.33. The van der Waals surface area contributed by atoms with Gasteiger partial charge in [0.15, 0.2) is 0 Å². The van der Waals surface area contributed by atoms with Gasteiger partial charge in [0, 0.05) is 7.05 Å². The fraction of sp³-hybridized carbons (Fsp3) is 0.600. The Morgan fingerprint density at radius 2 is 2.07 bits per heavy atom. The van der Waals surface area contributed by atoms with E-state index in [2.05, 4.69) is 10.4 Å². The van der Waals surface area contributed by atoms with Gasteiger partial charge in [0.2, 0.25) is 0 Å². The van der Waals surface area contributed by atoms with E-state index in [4.69, 9.17) is 0 Å². The van der Waals surface area contributed by atoms with Gasteiger partial charge in [-0.25, -0.2) is 0 Å². The van der Waals surface area contributed by atoms with E-state index in [-0.39, 0.29) is 11.4 Å². The van der Waals surface area contributed by atoms with Crippen molar-refractivity contribution in [2.45, 2.75) is 33.2 Å². The number of rotatable bonds is 1. The van der Waals surface area contributed by atoms with E-state index in [9.17, 15) is 4.79 Å². The summed E-state index contributed by atoms with van der Waals surface area (Å²) in [6.07, 6.45) is 0. The molecule has 0 fully saturated rings. The highest BCUT2D eigenvalue weighted by Gasteiger charge is 2.21. The first-order valence-electron chi connectivity index (χ1n) is 4.65. The molecule has 4 heteroatoms. The number of nitrogens with zero attached hydrogens (tertiary/aromatic N) is 2. The zero-order valence-electron chi connectivity index (χ0n) is 9.38. The summed E-state index contributed by atoms with van der Waals surface area (Å²) in [7, 11) is 1.62. The zero-order valence-corrected chi connectivity index (χ0v) is 9.38. The maximum Gasteiger partial charge on any atom is 0.269 e. The number of carbonyl (C=O) groups is 1. The molecule has 0 atom stereocenters. The first-order valence-corrected chi connectivity index (χ1v) is 4.65. The highest BCUT2D eigenvalue weighted by atomic mass is 16.1. The van der Waals surface area contributed by atoms with Gasteiger partial charge in [0.25, 0.3) is 5.91 Å². The maximum absolute atomic E-state index is 11.5. The Morgan fingerprint density at radius 1 is 1.50 bits per heavy atom. The molecule has 1 heterocycles. The molecular formula is C10H17N3O. The van der Waals surface area contributed by atoms with E-state index >= 15 is 0 Å². The van der Waals surface area contributed by atoms with Crippen molar-refractivity contribution in [3.63, 3.8) is 0 Å². The third kappa shape index (κ3) is 1.95. The predicted octanol–water partition coefficient (Wildman–Crippen LogP) is 1.31. The number of aromatic nitrogens is 2. The molecule has 0 unspecified atom stereocenters. The Bertz CT molecular complexity index is 347. The van der Waals surface area contributed by atoms with E-state index < -0.39 is 0 Å². The van der Waals surface area contributed by atoms with Gasteiger partial charge < -0.3 is 5.32 Å². The van der Waals surface area contributed by atoms with Crippen LogP contribution < -0.4 is 5.32 Å². The second-order valence-electron chi connectivity index (χ2n) is 4.33. The number of hydrogen-bond donors (Lipinski definition) is 1. The summed E-state index contributed by atoms with van der Waals surface area (Å²) in [5, 5.41) is 6.91. The van der Waals surface area contributed by atoms with E-state index in [1.54, 1.807) is 17.8 Å². The number of aryl methyl sites for hydroxylation is 1. The molecular weight excluding hydrogens is 178 g/mol. The lowest BCUT2D eigenvalue weighted by Gasteiger charge is -2.21. The van der Waals surface area contributed by atoms with Crippen LogP contribution in [0.1, 0.15) is 37.0 Å².